The molecule has 1 fully saturated rings. The van der Waals surface area contributed by atoms with Crippen molar-refractivity contribution in [3.05, 3.63) is 54.1 Å². The summed E-state index contributed by atoms with van der Waals surface area (Å²) in [5, 5.41) is 10.9. The Balaban J connectivity index is 1.53. The molecule has 0 saturated carbocycles. The van der Waals surface area contributed by atoms with Gasteiger partial charge in [-0.15, -0.1) is 0 Å². The van der Waals surface area contributed by atoms with Crippen molar-refractivity contribution in [2.24, 2.45) is 7.05 Å². The Bertz CT molecular complexity index is 627. The lowest BCUT2D eigenvalue weighted by molar-refractivity contribution is 0.0157. The fourth-order valence-corrected chi connectivity index (χ4v) is 3.42. The van der Waals surface area contributed by atoms with Crippen LogP contribution in [0.2, 0.25) is 0 Å². The number of β-amino-alcohol motifs (C(OH)–C–C–N with tert-alkyl or cyclic N) is 1. The van der Waals surface area contributed by atoms with Crippen molar-refractivity contribution in [3.63, 3.8) is 0 Å². The summed E-state index contributed by atoms with van der Waals surface area (Å²) in [5.74, 6) is 0. The van der Waals surface area contributed by atoms with Crippen LogP contribution in [-0.2, 0) is 20.1 Å². The second-order valence-electron chi connectivity index (χ2n) is 6.84. The molecule has 5 heteroatoms. The lowest BCUT2D eigenvalue weighted by Gasteiger charge is -2.29. The summed E-state index contributed by atoms with van der Waals surface area (Å²) in [6, 6.07) is 10.5. The minimum atomic E-state index is -0.623. The van der Waals surface area contributed by atoms with Gasteiger partial charge in [0.1, 0.15) is 0 Å². The average Bonchev–Trinajstić information content (AvgIpc) is 3.07. The van der Waals surface area contributed by atoms with Gasteiger partial charge in [-0.2, -0.15) is 0 Å². The van der Waals surface area contributed by atoms with E-state index in [0.717, 1.165) is 38.3 Å². The fourth-order valence-electron chi connectivity index (χ4n) is 3.42. The highest BCUT2D eigenvalue weighted by atomic mass is 16.3. The highest BCUT2D eigenvalue weighted by Gasteiger charge is 2.36. The predicted octanol–water partition coefficient (Wildman–Crippen LogP) is 1.49. The first-order chi connectivity index (χ1) is 11.0. The average molecular weight is 314 g/mol. The predicted molar refractivity (Wildman–Crippen MR) is 90.8 cm³/mol. The maximum Gasteiger partial charge on any atom is 0.0945 e. The number of aromatic nitrogens is 2. The molecule has 1 aromatic carbocycles. The van der Waals surface area contributed by atoms with Crippen molar-refractivity contribution in [1.29, 1.82) is 0 Å². The Hall–Kier alpha value is -1.69. The zero-order chi connectivity index (χ0) is 16.3. The number of aryl methyl sites for hydroxylation is 1. The third-order valence-corrected chi connectivity index (χ3v) is 4.57. The quantitative estimate of drug-likeness (QED) is 0.877. The largest absolute Gasteiger partial charge is 0.387 e. The van der Waals surface area contributed by atoms with Gasteiger partial charge in [0.05, 0.1) is 17.6 Å². The molecule has 1 N–H and O–H groups in total. The second-order valence-corrected chi connectivity index (χ2v) is 6.84. The van der Waals surface area contributed by atoms with E-state index < -0.39 is 5.60 Å². The van der Waals surface area contributed by atoms with Gasteiger partial charge in [-0.3, -0.25) is 9.80 Å². The Morgan fingerprint density at radius 1 is 1.30 bits per heavy atom. The third-order valence-electron chi connectivity index (χ3n) is 4.57. The Kier molecular flexibility index (Phi) is 4.80. The Labute approximate surface area is 138 Å². The Morgan fingerprint density at radius 3 is 2.78 bits per heavy atom. The van der Waals surface area contributed by atoms with Crippen LogP contribution in [0.1, 0.15) is 17.7 Å². The number of benzene rings is 1. The number of hydrogen-bond donors (Lipinski definition) is 1. The molecule has 1 aromatic heterocycles. The van der Waals surface area contributed by atoms with E-state index in [9.17, 15) is 5.11 Å². The molecule has 1 aliphatic heterocycles. The summed E-state index contributed by atoms with van der Waals surface area (Å²) in [7, 11) is 4.06. The second kappa shape index (κ2) is 6.83. The molecule has 1 atom stereocenters. The number of rotatable bonds is 6. The van der Waals surface area contributed by atoms with E-state index in [4.69, 9.17) is 0 Å². The van der Waals surface area contributed by atoms with Gasteiger partial charge in [-0.1, -0.05) is 30.3 Å². The van der Waals surface area contributed by atoms with Crippen molar-refractivity contribution < 1.29 is 5.11 Å². The number of imidazole rings is 1. The van der Waals surface area contributed by atoms with Gasteiger partial charge >= 0.3 is 0 Å². The fraction of sp³-hybridized carbons (Fsp3) is 0.500. The van der Waals surface area contributed by atoms with Gasteiger partial charge in [0.2, 0.25) is 0 Å². The summed E-state index contributed by atoms with van der Waals surface area (Å²) in [6.45, 7) is 4.08. The van der Waals surface area contributed by atoms with Crippen LogP contribution < -0.4 is 0 Å². The topological polar surface area (TPSA) is 44.5 Å². The summed E-state index contributed by atoms with van der Waals surface area (Å²) in [6.07, 6.45) is 4.53. The van der Waals surface area contributed by atoms with Crippen LogP contribution in [-0.4, -0.2) is 56.7 Å². The third kappa shape index (κ3) is 4.19. The van der Waals surface area contributed by atoms with Gasteiger partial charge in [0, 0.05) is 46.0 Å². The normalized spacial score (nSPS) is 22.1. The lowest BCUT2D eigenvalue weighted by Crippen LogP contribution is -2.43. The van der Waals surface area contributed by atoms with Crippen molar-refractivity contribution >= 4 is 0 Å². The number of hydrogen-bond acceptors (Lipinski definition) is 4. The zero-order valence-electron chi connectivity index (χ0n) is 14.0. The SMILES string of the molecule is CN(Cc1cncn1C)CC1(O)CCN(Cc2ccccc2)C1. The summed E-state index contributed by atoms with van der Waals surface area (Å²) in [4.78, 5) is 8.67. The van der Waals surface area contributed by atoms with E-state index in [1.807, 2.05) is 30.2 Å². The summed E-state index contributed by atoms with van der Waals surface area (Å²) in [5.41, 5.74) is 1.84. The van der Waals surface area contributed by atoms with E-state index in [1.54, 1.807) is 0 Å². The van der Waals surface area contributed by atoms with Crippen LogP contribution in [0.15, 0.2) is 42.9 Å². The maximum absolute atomic E-state index is 10.9. The van der Waals surface area contributed by atoms with Crippen molar-refractivity contribution in [1.82, 2.24) is 19.4 Å². The summed E-state index contributed by atoms with van der Waals surface area (Å²) < 4.78 is 2.02. The molecular weight excluding hydrogens is 288 g/mol. The smallest absolute Gasteiger partial charge is 0.0945 e. The highest BCUT2D eigenvalue weighted by molar-refractivity contribution is 5.15. The van der Waals surface area contributed by atoms with Crippen LogP contribution in [0, 0.1) is 0 Å². The molecule has 1 unspecified atom stereocenters. The van der Waals surface area contributed by atoms with Crippen LogP contribution >= 0.6 is 0 Å². The van der Waals surface area contributed by atoms with Gasteiger partial charge in [0.25, 0.3) is 0 Å². The molecule has 0 radical (unpaired) electrons. The maximum atomic E-state index is 10.9. The minimum absolute atomic E-state index is 0.623. The molecule has 2 aromatic rings. The molecule has 124 valence electrons. The molecule has 3 rings (SSSR count). The van der Waals surface area contributed by atoms with Crippen LogP contribution in [0.4, 0.5) is 0 Å². The van der Waals surface area contributed by atoms with E-state index in [2.05, 4.69) is 46.1 Å². The van der Waals surface area contributed by atoms with Gasteiger partial charge in [-0.05, 0) is 19.0 Å². The number of likely N-dealkylation sites (N-methyl/N-ethyl adjacent to an activating group) is 1. The highest BCUT2D eigenvalue weighted by Crippen LogP contribution is 2.24. The molecule has 0 bridgehead atoms. The van der Waals surface area contributed by atoms with Gasteiger partial charge < -0.3 is 9.67 Å². The minimum Gasteiger partial charge on any atom is -0.387 e. The molecule has 23 heavy (non-hydrogen) atoms. The Morgan fingerprint density at radius 2 is 2.09 bits per heavy atom. The summed E-state index contributed by atoms with van der Waals surface area (Å²) >= 11 is 0. The van der Waals surface area contributed by atoms with Crippen molar-refractivity contribution in [2.75, 3.05) is 26.7 Å². The molecule has 0 amide bonds. The lowest BCUT2D eigenvalue weighted by atomic mass is 10.0. The van der Waals surface area contributed by atoms with E-state index in [-0.39, 0.29) is 0 Å². The molecular formula is C18H26N4O. The zero-order valence-corrected chi connectivity index (χ0v) is 14.0. The van der Waals surface area contributed by atoms with Crippen molar-refractivity contribution in [3.8, 4) is 0 Å². The molecule has 0 aliphatic carbocycles. The molecule has 0 spiro atoms. The molecule has 1 saturated heterocycles. The molecule has 1 aliphatic rings. The van der Waals surface area contributed by atoms with E-state index in [1.165, 1.54) is 5.56 Å². The van der Waals surface area contributed by atoms with Crippen LogP contribution in [0.3, 0.4) is 0 Å². The first kappa shape index (κ1) is 16.2. The monoisotopic (exact) mass is 314 g/mol. The number of aliphatic hydroxyl groups is 1. The van der Waals surface area contributed by atoms with Gasteiger partial charge in [-0.25, -0.2) is 4.98 Å². The van der Waals surface area contributed by atoms with Crippen LogP contribution in [0.25, 0.3) is 0 Å². The first-order valence-electron chi connectivity index (χ1n) is 8.16. The molecule has 2 heterocycles. The standard InChI is InChI=1S/C18H26N4O/c1-20(12-17-10-19-15-21(17)2)13-18(23)8-9-22(14-18)11-16-6-4-3-5-7-16/h3-7,10,15,23H,8-9,11-14H2,1-2H3. The number of nitrogens with zero attached hydrogens (tertiary/aromatic N) is 4. The van der Waals surface area contributed by atoms with E-state index in [0.29, 0.717) is 6.54 Å². The first-order valence-corrected chi connectivity index (χ1v) is 8.16. The number of likely N-dealkylation sites (tertiary alicyclic amines) is 1. The van der Waals surface area contributed by atoms with Gasteiger partial charge in [0.15, 0.2) is 0 Å². The van der Waals surface area contributed by atoms with E-state index >= 15 is 0 Å². The van der Waals surface area contributed by atoms with Crippen molar-refractivity contribution in [2.45, 2.75) is 25.1 Å². The van der Waals surface area contributed by atoms with Crippen LogP contribution in [0.5, 0.6) is 0 Å². The molecule has 5 nitrogen and oxygen atoms in total.